The third kappa shape index (κ3) is 1.54. The van der Waals surface area contributed by atoms with Gasteiger partial charge in [-0.2, -0.15) is 4.98 Å². The van der Waals surface area contributed by atoms with Crippen molar-refractivity contribution in [3.63, 3.8) is 0 Å². The molecule has 0 saturated heterocycles. The van der Waals surface area contributed by atoms with Crippen LogP contribution >= 0.6 is 0 Å². The molecule has 0 aliphatic carbocycles. The zero-order valence-electron chi connectivity index (χ0n) is 7.71. The summed E-state index contributed by atoms with van der Waals surface area (Å²) in [7, 11) is 1.67. The molecule has 0 spiro atoms. The Labute approximate surface area is 80.9 Å². The quantitative estimate of drug-likeness (QED) is 0.664. The van der Waals surface area contributed by atoms with E-state index < -0.39 is 0 Å². The third-order valence-corrected chi connectivity index (χ3v) is 1.95. The van der Waals surface area contributed by atoms with Crippen LogP contribution in [0.1, 0.15) is 0 Å². The zero-order chi connectivity index (χ0) is 9.97. The largest absolute Gasteiger partial charge is 0.347 e. The van der Waals surface area contributed by atoms with Crippen LogP contribution in [0.4, 0.5) is 0 Å². The van der Waals surface area contributed by atoms with Crippen molar-refractivity contribution < 1.29 is 0 Å². The monoisotopic (exact) mass is 187 g/mol. The van der Waals surface area contributed by atoms with E-state index >= 15 is 0 Å². The van der Waals surface area contributed by atoms with Gasteiger partial charge in [0.15, 0.2) is 0 Å². The van der Waals surface area contributed by atoms with Crippen molar-refractivity contribution in [2.45, 2.75) is 0 Å². The fraction of sp³-hybridized carbons (Fsp3) is 0.100. The van der Waals surface area contributed by atoms with Gasteiger partial charge >= 0.3 is 5.69 Å². The lowest BCUT2D eigenvalue weighted by molar-refractivity contribution is 0.813. The highest BCUT2D eigenvalue weighted by molar-refractivity contribution is 5.57. The normalized spacial score (nSPS) is 10.1. The van der Waals surface area contributed by atoms with Gasteiger partial charge < -0.3 is 4.57 Å². The molecule has 0 amide bonds. The lowest BCUT2D eigenvalue weighted by Gasteiger charge is -2.00. The summed E-state index contributed by atoms with van der Waals surface area (Å²) < 4.78 is 1.44. The lowest BCUT2D eigenvalue weighted by Crippen LogP contribution is -2.19. The van der Waals surface area contributed by atoms with Crippen molar-refractivity contribution in [3.8, 4) is 11.3 Å². The topological polar surface area (TPSA) is 47.8 Å². The molecule has 2 aromatic rings. The number of aryl methyl sites for hydroxylation is 1. The molecule has 0 aliphatic heterocycles. The van der Waals surface area contributed by atoms with Gasteiger partial charge in [0, 0.05) is 31.2 Å². The molecule has 4 heteroatoms. The maximum atomic E-state index is 11.2. The molecule has 0 N–H and O–H groups in total. The zero-order valence-corrected chi connectivity index (χ0v) is 7.71. The summed E-state index contributed by atoms with van der Waals surface area (Å²) in [6.07, 6.45) is 5.05. The molecule has 4 nitrogen and oxygen atoms in total. The van der Waals surface area contributed by atoms with Crippen LogP contribution in [0.15, 0.2) is 41.6 Å². The molecule has 2 rings (SSSR count). The minimum absolute atomic E-state index is 0.251. The van der Waals surface area contributed by atoms with Crippen LogP contribution in [0.25, 0.3) is 11.3 Å². The molecule has 0 aliphatic rings. The van der Waals surface area contributed by atoms with Crippen LogP contribution in [0.5, 0.6) is 0 Å². The summed E-state index contributed by atoms with van der Waals surface area (Å²) in [6, 6.07) is 5.44. The van der Waals surface area contributed by atoms with Crippen molar-refractivity contribution in [1.82, 2.24) is 14.5 Å². The standard InChI is InChI=1S/C10H9N3O/c1-13-7-4-9(12-10(13)14)8-2-5-11-6-3-8/h2-7H,1H3. The Hall–Kier alpha value is -1.97. The van der Waals surface area contributed by atoms with Crippen molar-refractivity contribution in [2.24, 2.45) is 7.05 Å². The highest BCUT2D eigenvalue weighted by Gasteiger charge is 1.99. The van der Waals surface area contributed by atoms with E-state index in [4.69, 9.17) is 0 Å². The minimum atomic E-state index is -0.251. The molecule has 0 saturated carbocycles. The molecule has 0 bridgehead atoms. The minimum Gasteiger partial charge on any atom is -0.302 e. The second-order valence-electron chi connectivity index (χ2n) is 2.94. The van der Waals surface area contributed by atoms with Crippen LogP contribution in [0.2, 0.25) is 0 Å². The number of hydrogen-bond donors (Lipinski definition) is 0. The highest BCUT2D eigenvalue weighted by atomic mass is 16.1. The lowest BCUT2D eigenvalue weighted by atomic mass is 10.2. The molecule has 2 aromatic heterocycles. The molecule has 0 atom stereocenters. The van der Waals surface area contributed by atoms with E-state index in [1.54, 1.807) is 31.7 Å². The predicted molar refractivity (Wildman–Crippen MR) is 52.7 cm³/mol. The highest BCUT2D eigenvalue weighted by Crippen LogP contribution is 2.12. The Morgan fingerprint density at radius 1 is 1.21 bits per heavy atom. The number of nitrogens with zero attached hydrogens (tertiary/aromatic N) is 3. The van der Waals surface area contributed by atoms with Gasteiger partial charge in [-0.05, 0) is 18.2 Å². The van der Waals surface area contributed by atoms with E-state index in [1.807, 2.05) is 12.1 Å². The fourth-order valence-corrected chi connectivity index (χ4v) is 1.15. The van der Waals surface area contributed by atoms with E-state index in [2.05, 4.69) is 9.97 Å². The van der Waals surface area contributed by atoms with Gasteiger partial charge in [-0.25, -0.2) is 4.79 Å². The van der Waals surface area contributed by atoms with Gasteiger partial charge in [-0.15, -0.1) is 0 Å². The van der Waals surface area contributed by atoms with Crippen LogP contribution < -0.4 is 5.69 Å². The molecule has 0 fully saturated rings. The molecular formula is C10H9N3O. The summed E-state index contributed by atoms with van der Waals surface area (Å²) in [4.78, 5) is 19.1. The number of pyridine rings is 1. The van der Waals surface area contributed by atoms with Crippen molar-refractivity contribution in [2.75, 3.05) is 0 Å². The molecule has 0 aromatic carbocycles. The average Bonchev–Trinajstić information content (AvgIpc) is 2.23. The summed E-state index contributed by atoms with van der Waals surface area (Å²) in [5, 5.41) is 0. The van der Waals surface area contributed by atoms with E-state index in [0.29, 0.717) is 5.69 Å². The second kappa shape index (κ2) is 3.41. The number of rotatable bonds is 1. The third-order valence-electron chi connectivity index (χ3n) is 1.95. The van der Waals surface area contributed by atoms with E-state index in [0.717, 1.165) is 5.56 Å². The molecule has 70 valence electrons. The van der Waals surface area contributed by atoms with Crippen molar-refractivity contribution >= 4 is 0 Å². The van der Waals surface area contributed by atoms with E-state index in [1.165, 1.54) is 4.57 Å². The average molecular weight is 187 g/mol. The van der Waals surface area contributed by atoms with Gasteiger partial charge in [0.25, 0.3) is 0 Å². The molecule has 14 heavy (non-hydrogen) atoms. The summed E-state index contributed by atoms with van der Waals surface area (Å²) in [5.74, 6) is 0. The summed E-state index contributed by atoms with van der Waals surface area (Å²) >= 11 is 0. The van der Waals surface area contributed by atoms with Crippen LogP contribution in [0, 0.1) is 0 Å². The van der Waals surface area contributed by atoms with Gasteiger partial charge in [-0.1, -0.05) is 0 Å². The van der Waals surface area contributed by atoms with Gasteiger partial charge in [0.2, 0.25) is 0 Å². The first kappa shape index (κ1) is 8.62. The molecule has 0 unspecified atom stereocenters. The maximum absolute atomic E-state index is 11.2. The maximum Gasteiger partial charge on any atom is 0.347 e. The number of hydrogen-bond acceptors (Lipinski definition) is 3. The first-order chi connectivity index (χ1) is 6.77. The van der Waals surface area contributed by atoms with Gasteiger partial charge in [0.1, 0.15) is 0 Å². The number of aromatic nitrogens is 3. The van der Waals surface area contributed by atoms with Crippen LogP contribution in [-0.4, -0.2) is 14.5 Å². The second-order valence-corrected chi connectivity index (χ2v) is 2.94. The first-order valence-corrected chi connectivity index (χ1v) is 4.21. The Morgan fingerprint density at radius 2 is 1.93 bits per heavy atom. The molecular weight excluding hydrogens is 178 g/mol. The Kier molecular flexibility index (Phi) is 2.10. The first-order valence-electron chi connectivity index (χ1n) is 4.21. The molecule has 0 radical (unpaired) electrons. The van der Waals surface area contributed by atoms with Crippen molar-refractivity contribution in [1.29, 1.82) is 0 Å². The SMILES string of the molecule is Cn1ccc(-c2ccncc2)nc1=O. The van der Waals surface area contributed by atoms with E-state index in [9.17, 15) is 4.79 Å². The van der Waals surface area contributed by atoms with E-state index in [-0.39, 0.29) is 5.69 Å². The Balaban J connectivity index is 2.54. The summed E-state index contributed by atoms with van der Waals surface area (Å²) in [6.45, 7) is 0. The Morgan fingerprint density at radius 3 is 2.57 bits per heavy atom. The van der Waals surface area contributed by atoms with Gasteiger partial charge in [0.05, 0.1) is 5.69 Å². The van der Waals surface area contributed by atoms with Crippen molar-refractivity contribution in [3.05, 3.63) is 47.3 Å². The molecule has 2 heterocycles. The fourth-order valence-electron chi connectivity index (χ4n) is 1.15. The van der Waals surface area contributed by atoms with Crippen LogP contribution in [-0.2, 0) is 7.05 Å². The predicted octanol–water partition coefficient (Wildman–Crippen LogP) is 0.842. The smallest absolute Gasteiger partial charge is 0.302 e. The summed E-state index contributed by atoms with van der Waals surface area (Å²) in [5.41, 5.74) is 1.33. The Bertz CT molecular complexity index is 490. The van der Waals surface area contributed by atoms with Crippen LogP contribution in [0.3, 0.4) is 0 Å². The van der Waals surface area contributed by atoms with Gasteiger partial charge in [-0.3, -0.25) is 4.98 Å².